The highest BCUT2D eigenvalue weighted by Gasteiger charge is 2.17. The Kier molecular flexibility index (Phi) is 5.76. The number of hydrogen-bond acceptors (Lipinski definition) is 7. The van der Waals surface area contributed by atoms with Gasteiger partial charge < -0.3 is 4.52 Å². The predicted molar refractivity (Wildman–Crippen MR) is 123 cm³/mol. The number of aryl methyl sites for hydroxylation is 1. The second-order valence-corrected chi connectivity index (χ2v) is 8.23. The second-order valence-electron chi connectivity index (χ2n) is 7.29. The van der Waals surface area contributed by atoms with E-state index < -0.39 is 0 Å². The van der Waals surface area contributed by atoms with E-state index in [9.17, 15) is 0 Å². The van der Waals surface area contributed by atoms with E-state index >= 15 is 0 Å². The summed E-state index contributed by atoms with van der Waals surface area (Å²) in [6.07, 6.45) is 3.55. The van der Waals surface area contributed by atoms with Crippen LogP contribution in [0.15, 0.2) is 88.8 Å². The van der Waals surface area contributed by atoms with E-state index in [1.807, 2.05) is 61.5 Å². The molecule has 0 spiro atoms. The van der Waals surface area contributed by atoms with Gasteiger partial charge in [-0.3, -0.25) is 9.55 Å². The molecule has 0 N–H and O–H groups in total. The van der Waals surface area contributed by atoms with E-state index in [4.69, 9.17) is 4.52 Å². The Morgan fingerprint density at radius 2 is 1.75 bits per heavy atom. The number of rotatable bonds is 7. The first-order chi connectivity index (χ1) is 15.8. The molecule has 0 unspecified atom stereocenters. The lowest BCUT2D eigenvalue weighted by Gasteiger charge is -2.10. The fraction of sp³-hybridized carbons (Fsp3) is 0.125. The Balaban J connectivity index is 1.39. The maximum atomic E-state index is 5.47. The van der Waals surface area contributed by atoms with E-state index in [0.29, 0.717) is 24.0 Å². The van der Waals surface area contributed by atoms with Crippen LogP contribution in [0.1, 0.15) is 17.0 Å². The van der Waals surface area contributed by atoms with Gasteiger partial charge in [0.25, 0.3) is 0 Å². The van der Waals surface area contributed by atoms with Crippen molar-refractivity contribution in [3.8, 4) is 22.8 Å². The van der Waals surface area contributed by atoms with Crippen molar-refractivity contribution in [1.29, 1.82) is 0 Å². The zero-order valence-electron chi connectivity index (χ0n) is 17.4. The van der Waals surface area contributed by atoms with E-state index in [1.165, 1.54) is 22.9 Å². The Labute approximate surface area is 189 Å². The quantitative estimate of drug-likeness (QED) is 0.328. The minimum absolute atomic E-state index is 0.499. The summed E-state index contributed by atoms with van der Waals surface area (Å²) in [7, 11) is 0. The van der Waals surface area contributed by atoms with Crippen LogP contribution in [-0.2, 0) is 12.3 Å². The van der Waals surface area contributed by atoms with Crippen molar-refractivity contribution >= 4 is 11.8 Å². The van der Waals surface area contributed by atoms with Gasteiger partial charge in [0.15, 0.2) is 11.0 Å². The summed E-state index contributed by atoms with van der Waals surface area (Å²) in [5.41, 5.74) is 4.21. The second kappa shape index (κ2) is 9.15. The zero-order chi connectivity index (χ0) is 21.8. The van der Waals surface area contributed by atoms with Crippen LogP contribution in [0.25, 0.3) is 22.8 Å². The fourth-order valence-electron chi connectivity index (χ4n) is 3.27. The topological polar surface area (TPSA) is 82.5 Å². The van der Waals surface area contributed by atoms with Crippen molar-refractivity contribution < 1.29 is 4.52 Å². The van der Waals surface area contributed by atoms with Crippen LogP contribution in [0.5, 0.6) is 0 Å². The number of hydrogen-bond donors (Lipinski definition) is 0. The lowest BCUT2D eigenvalue weighted by atomic mass is 10.1. The number of benzene rings is 2. The Bertz CT molecular complexity index is 1300. The van der Waals surface area contributed by atoms with Crippen LogP contribution in [0, 0.1) is 6.92 Å². The third-order valence-corrected chi connectivity index (χ3v) is 5.87. The molecule has 0 aliphatic rings. The number of pyridine rings is 1. The molecule has 5 aromatic rings. The molecule has 0 fully saturated rings. The van der Waals surface area contributed by atoms with Crippen LogP contribution in [0.2, 0.25) is 0 Å². The monoisotopic (exact) mass is 440 g/mol. The first-order valence-corrected chi connectivity index (χ1v) is 11.1. The van der Waals surface area contributed by atoms with Crippen molar-refractivity contribution in [3.05, 3.63) is 96.1 Å². The minimum atomic E-state index is 0.499. The van der Waals surface area contributed by atoms with E-state index in [0.717, 1.165) is 22.1 Å². The molecule has 7 nitrogen and oxygen atoms in total. The lowest BCUT2D eigenvalue weighted by molar-refractivity contribution is 0.391. The molecule has 0 radical (unpaired) electrons. The SMILES string of the molecule is Cc1ccc(-c2noc(CSc3nnc(-c4cccnc4)n3Cc3ccccc3)n2)cc1. The third-order valence-electron chi connectivity index (χ3n) is 4.92. The van der Waals surface area contributed by atoms with Gasteiger partial charge in [-0.05, 0) is 24.6 Å². The van der Waals surface area contributed by atoms with Gasteiger partial charge in [0.05, 0.1) is 12.3 Å². The standard InChI is InChI=1S/C24H20N6OS/c1-17-9-11-19(12-10-17)22-26-21(31-29-22)16-32-24-28-27-23(20-8-5-13-25-14-20)30(24)15-18-6-3-2-4-7-18/h2-14H,15-16H2,1H3. The van der Waals surface area contributed by atoms with Crippen molar-refractivity contribution in [3.63, 3.8) is 0 Å². The Morgan fingerprint density at radius 3 is 2.53 bits per heavy atom. The smallest absolute Gasteiger partial charge is 0.237 e. The minimum Gasteiger partial charge on any atom is -0.338 e. The highest BCUT2D eigenvalue weighted by atomic mass is 32.2. The third kappa shape index (κ3) is 4.45. The van der Waals surface area contributed by atoms with Gasteiger partial charge in [-0.15, -0.1) is 10.2 Å². The highest BCUT2D eigenvalue weighted by molar-refractivity contribution is 7.98. The fourth-order valence-corrected chi connectivity index (χ4v) is 4.05. The molecule has 0 aliphatic carbocycles. The van der Waals surface area contributed by atoms with E-state index in [2.05, 4.69) is 42.0 Å². The van der Waals surface area contributed by atoms with Crippen LogP contribution in [-0.4, -0.2) is 29.9 Å². The predicted octanol–water partition coefficient (Wildman–Crippen LogP) is 5.04. The summed E-state index contributed by atoms with van der Waals surface area (Å²) in [5.74, 6) is 2.40. The van der Waals surface area contributed by atoms with Crippen LogP contribution in [0.4, 0.5) is 0 Å². The molecule has 0 saturated carbocycles. The van der Waals surface area contributed by atoms with Crippen molar-refractivity contribution in [1.82, 2.24) is 29.9 Å². The van der Waals surface area contributed by atoms with Gasteiger partial charge in [0, 0.05) is 23.5 Å². The molecule has 0 bridgehead atoms. The molecule has 3 aromatic heterocycles. The van der Waals surface area contributed by atoms with E-state index in [1.54, 1.807) is 12.4 Å². The largest absolute Gasteiger partial charge is 0.338 e. The molecule has 0 aliphatic heterocycles. The Hall–Kier alpha value is -3.78. The molecule has 0 saturated heterocycles. The average Bonchev–Trinajstić information content (AvgIpc) is 3.47. The molecule has 3 heterocycles. The van der Waals surface area contributed by atoms with Gasteiger partial charge >= 0.3 is 0 Å². The normalized spacial score (nSPS) is 11.0. The van der Waals surface area contributed by atoms with Crippen molar-refractivity contribution in [2.45, 2.75) is 24.4 Å². The van der Waals surface area contributed by atoms with Gasteiger partial charge in [-0.2, -0.15) is 4.98 Å². The molecule has 0 atom stereocenters. The van der Waals surface area contributed by atoms with Crippen LogP contribution in [0.3, 0.4) is 0 Å². The number of nitrogens with zero attached hydrogens (tertiary/aromatic N) is 6. The number of thioether (sulfide) groups is 1. The molecular weight excluding hydrogens is 420 g/mol. The molecule has 5 rings (SSSR count). The summed E-state index contributed by atoms with van der Waals surface area (Å²) in [6.45, 7) is 2.70. The van der Waals surface area contributed by atoms with Crippen LogP contribution >= 0.6 is 11.8 Å². The Morgan fingerprint density at radius 1 is 0.906 bits per heavy atom. The zero-order valence-corrected chi connectivity index (χ0v) is 18.2. The average molecular weight is 441 g/mol. The van der Waals surface area contributed by atoms with Crippen LogP contribution < -0.4 is 0 Å². The van der Waals surface area contributed by atoms with Crippen molar-refractivity contribution in [2.24, 2.45) is 0 Å². The summed E-state index contributed by atoms with van der Waals surface area (Å²) in [5, 5.41) is 13.8. The molecule has 32 heavy (non-hydrogen) atoms. The maximum Gasteiger partial charge on any atom is 0.237 e. The molecular formula is C24H20N6OS. The highest BCUT2D eigenvalue weighted by Crippen LogP contribution is 2.27. The first kappa shape index (κ1) is 20.1. The van der Waals surface area contributed by atoms with E-state index in [-0.39, 0.29) is 0 Å². The molecule has 158 valence electrons. The number of aromatic nitrogens is 6. The summed E-state index contributed by atoms with van der Waals surface area (Å²) < 4.78 is 7.56. The summed E-state index contributed by atoms with van der Waals surface area (Å²) in [4.78, 5) is 8.77. The maximum absolute atomic E-state index is 5.47. The molecule has 2 aromatic carbocycles. The summed E-state index contributed by atoms with van der Waals surface area (Å²) >= 11 is 1.52. The van der Waals surface area contributed by atoms with Gasteiger partial charge in [-0.1, -0.05) is 77.1 Å². The van der Waals surface area contributed by atoms with Gasteiger partial charge in [-0.25, -0.2) is 0 Å². The lowest BCUT2D eigenvalue weighted by Crippen LogP contribution is -2.04. The van der Waals surface area contributed by atoms with Crippen molar-refractivity contribution in [2.75, 3.05) is 0 Å². The summed E-state index contributed by atoms with van der Waals surface area (Å²) in [6, 6.07) is 22.2. The first-order valence-electron chi connectivity index (χ1n) is 10.2. The molecule has 8 heteroatoms. The van der Waals surface area contributed by atoms with Gasteiger partial charge in [0.2, 0.25) is 11.7 Å². The van der Waals surface area contributed by atoms with Gasteiger partial charge in [0.1, 0.15) is 0 Å². The molecule has 0 amide bonds.